The molecule has 14 heavy (non-hydrogen) atoms. The van der Waals surface area contributed by atoms with Gasteiger partial charge in [-0.3, -0.25) is 4.79 Å². The topological polar surface area (TPSA) is 96.3 Å². The first kappa shape index (κ1) is 12.9. The highest BCUT2D eigenvalue weighted by molar-refractivity contribution is 7.90. The number of nitrogens with one attached hydrogen (secondary N) is 1. The second-order valence-electron chi connectivity index (χ2n) is 2.51. The smallest absolute Gasteiger partial charge is 0.325 e. The van der Waals surface area contributed by atoms with Gasteiger partial charge in [0.2, 0.25) is 10.0 Å². The fourth-order valence-corrected chi connectivity index (χ4v) is 1.65. The Kier molecular flexibility index (Phi) is 5.12. The molecule has 0 spiro atoms. The van der Waals surface area contributed by atoms with E-state index in [2.05, 4.69) is 9.46 Å². The van der Waals surface area contributed by atoms with E-state index in [0.717, 1.165) is 7.11 Å². The Morgan fingerprint density at radius 3 is 2.64 bits per heavy atom. The second-order valence-corrected chi connectivity index (χ2v) is 4.60. The van der Waals surface area contributed by atoms with Gasteiger partial charge in [-0.1, -0.05) is 0 Å². The Hall–Kier alpha value is -1.13. The van der Waals surface area contributed by atoms with Crippen molar-refractivity contribution in [3.63, 3.8) is 0 Å². The first-order valence-electron chi connectivity index (χ1n) is 3.89. The van der Waals surface area contributed by atoms with Crippen LogP contribution in [0.2, 0.25) is 0 Å². The van der Waals surface area contributed by atoms with E-state index in [1.807, 2.05) is 0 Å². The van der Waals surface area contributed by atoms with Crippen LogP contribution in [0.5, 0.6) is 0 Å². The number of hydrogen-bond acceptors (Lipinski definition) is 5. The second kappa shape index (κ2) is 5.57. The van der Waals surface area contributed by atoms with E-state index >= 15 is 0 Å². The van der Waals surface area contributed by atoms with Gasteiger partial charge in [-0.25, -0.2) is 13.1 Å². The molecule has 1 atom stereocenters. The van der Waals surface area contributed by atoms with Crippen molar-refractivity contribution in [3.05, 3.63) is 0 Å². The van der Waals surface area contributed by atoms with Gasteiger partial charge < -0.3 is 4.74 Å². The number of hydrogen-bond donors (Lipinski definition) is 1. The van der Waals surface area contributed by atoms with Crippen LogP contribution in [0, 0.1) is 11.3 Å². The van der Waals surface area contributed by atoms with Crippen molar-refractivity contribution in [2.75, 3.05) is 13.7 Å². The summed E-state index contributed by atoms with van der Waals surface area (Å²) in [6.07, 6.45) is 0.0626. The van der Waals surface area contributed by atoms with Gasteiger partial charge in [0.25, 0.3) is 0 Å². The third-order valence-electron chi connectivity index (χ3n) is 1.54. The average Bonchev–Trinajstić information content (AvgIpc) is 2.15. The molecular formula is C7H12N2O4S. The molecule has 0 rings (SSSR count). The van der Waals surface area contributed by atoms with E-state index in [1.165, 1.54) is 6.92 Å². The molecule has 0 saturated carbocycles. The molecule has 0 saturated heterocycles. The number of carbonyl (C=O) groups is 1. The summed E-state index contributed by atoms with van der Waals surface area (Å²) in [6, 6.07) is 1.78. The minimum absolute atomic E-state index is 0.000166. The minimum atomic E-state index is -3.72. The SMILES string of the molecule is COC(=O)C(C)S(=O)(=O)NCCC#N. The Bertz CT molecular complexity index is 330. The first-order valence-corrected chi connectivity index (χ1v) is 5.43. The number of nitrogens with zero attached hydrogens (tertiary/aromatic N) is 1. The maximum Gasteiger partial charge on any atom is 0.325 e. The van der Waals surface area contributed by atoms with Crippen molar-refractivity contribution >= 4 is 16.0 Å². The summed E-state index contributed by atoms with van der Waals surface area (Å²) in [5, 5.41) is 6.92. The lowest BCUT2D eigenvalue weighted by Crippen LogP contribution is -2.38. The van der Waals surface area contributed by atoms with E-state index in [1.54, 1.807) is 6.07 Å². The number of esters is 1. The lowest BCUT2D eigenvalue weighted by molar-refractivity contribution is -0.139. The zero-order valence-corrected chi connectivity index (χ0v) is 8.80. The van der Waals surface area contributed by atoms with Gasteiger partial charge in [-0.15, -0.1) is 0 Å². The van der Waals surface area contributed by atoms with Gasteiger partial charge in [0, 0.05) is 13.0 Å². The lowest BCUT2D eigenvalue weighted by atomic mass is 10.5. The van der Waals surface area contributed by atoms with Crippen molar-refractivity contribution in [1.82, 2.24) is 4.72 Å². The van der Waals surface area contributed by atoms with Crippen molar-refractivity contribution in [3.8, 4) is 6.07 Å². The first-order chi connectivity index (χ1) is 6.45. The van der Waals surface area contributed by atoms with Crippen molar-refractivity contribution < 1.29 is 17.9 Å². The molecule has 0 fully saturated rings. The van der Waals surface area contributed by atoms with Crippen LogP contribution in [0.25, 0.3) is 0 Å². The molecule has 1 N–H and O–H groups in total. The van der Waals surface area contributed by atoms with Gasteiger partial charge in [-0.2, -0.15) is 5.26 Å². The highest BCUT2D eigenvalue weighted by atomic mass is 32.2. The van der Waals surface area contributed by atoms with Crippen molar-refractivity contribution in [1.29, 1.82) is 5.26 Å². The predicted molar refractivity (Wildman–Crippen MR) is 48.6 cm³/mol. The van der Waals surface area contributed by atoms with Gasteiger partial charge in [0.1, 0.15) is 0 Å². The molecule has 0 aliphatic heterocycles. The van der Waals surface area contributed by atoms with Gasteiger partial charge in [0.15, 0.2) is 5.25 Å². The average molecular weight is 220 g/mol. The fourth-order valence-electron chi connectivity index (χ4n) is 0.667. The van der Waals surface area contributed by atoms with E-state index in [4.69, 9.17) is 5.26 Å². The van der Waals surface area contributed by atoms with Crippen LogP contribution < -0.4 is 4.72 Å². The van der Waals surface area contributed by atoms with E-state index in [9.17, 15) is 13.2 Å². The molecule has 80 valence electrons. The zero-order valence-electron chi connectivity index (χ0n) is 7.98. The Balaban J connectivity index is 4.33. The largest absolute Gasteiger partial charge is 0.468 e. The molecule has 0 aromatic carbocycles. The van der Waals surface area contributed by atoms with Crippen LogP contribution in [-0.4, -0.2) is 33.3 Å². The Morgan fingerprint density at radius 1 is 1.64 bits per heavy atom. The molecule has 0 aliphatic rings. The standard InChI is InChI=1S/C7H12N2O4S/c1-6(7(10)13-2)14(11,12)9-5-3-4-8/h6,9H,3,5H2,1-2H3. The van der Waals surface area contributed by atoms with Crippen LogP contribution in [0.3, 0.4) is 0 Å². The summed E-state index contributed by atoms with van der Waals surface area (Å²) in [4.78, 5) is 10.9. The van der Waals surface area contributed by atoms with Gasteiger partial charge in [-0.05, 0) is 6.92 Å². The maximum absolute atomic E-state index is 11.3. The molecule has 6 nitrogen and oxygen atoms in total. The highest BCUT2D eigenvalue weighted by Crippen LogP contribution is 2.00. The van der Waals surface area contributed by atoms with Crippen LogP contribution in [0.15, 0.2) is 0 Å². The van der Waals surface area contributed by atoms with Crippen molar-refractivity contribution in [2.45, 2.75) is 18.6 Å². The molecule has 0 bridgehead atoms. The fraction of sp³-hybridized carbons (Fsp3) is 0.714. The third kappa shape index (κ3) is 3.72. The number of nitriles is 1. The number of rotatable bonds is 5. The summed E-state index contributed by atoms with van der Waals surface area (Å²) in [7, 11) is -2.60. The molecule has 0 aliphatic carbocycles. The zero-order chi connectivity index (χ0) is 11.2. The lowest BCUT2D eigenvalue weighted by Gasteiger charge is -2.10. The van der Waals surface area contributed by atoms with E-state index in [-0.39, 0.29) is 13.0 Å². The molecular weight excluding hydrogens is 208 g/mol. The van der Waals surface area contributed by atoms with Crippen molar-refractivity contribution in [2.24, 2.45) is 0 Å². The highest BCUT2D eigenvalue weighted by Gasteiger charge is 2.27. The summed E-state index contributed by atoms with van der Waals surface area (Å²) in [6.45, 7) is 1.22. The minimum Gasteiger partial charge on any atom is -0.468 e. The Labute approximate surface area is 82.9 Å². The number of sulfonamides is 1. The number of carbonyl (C=O) groups excluding carboxylic acids is 1. The third-order valence-corrected chi connectivity index (χ3v) is 3.27. The molecule has 0 aromatic rings. The van der Waals surface area contributed by atoms with E-state index in [0.29, 0.717) is 0 Å². The number of methoxy groups -OCH3 is 1. The monoisotopic (exact) mass is 220 g/mol. The molecule has 0 heterocycles. The van der Waals surface area contributed by atoms with Gasteiger partial charge in [0.05, 0.1) is 13.2 Å². The summed E-state index contributed by atoms with van der Waals surface area (Å²) >= 11 is 0. The molecule has 0 radical (unpaired) electrons. The summed E-state index contributed by atoms with van der Waals surface area (Å²) in [5.74, 6) is -0.825. The molecule has 0 aromatic heterocycles. The van der Waals surface area contributed by atoms with Gasteiger partial charge >= 0.3 is 5.97 Å². The van der Waals surface area contributed by atoms with Crippen LogP contribution >= 0.6 is 0 Å². The number of ether oxygens (including phenoxy) is 1. The molecule has 0 amide bonds. The predicted octanol–water partition coefficient (Wildman–Crippen LogP) is -0.619. The maximum atomic E-state index is 11.3. The summed E-state index contributed by atoms with van der Waals surface area (Å²) in [5.41, 5.74) is 0. The van der Waals surface area contributed by atoms with E-state index < -0.39 is 21.2 Å². The van der Waals surface area contributed by atoms with Crippen LogP contribution in [0.4, 0.5) is 0 Å². The molecule has 7 heteroatoms. The molecule has 1 unspecified atom stereocenters. The quantitative estimate of drug-likeness (QED) is 0.492. The van der Waals surface area contributed by atoms with Crippen LogP contribution in [0.1, 0.15) is 13.3 Å². The van der Waals surface area contributed by atoms with Crippen LogP contribution in [-0.2, 0) is 19.6 Å². The Morgan fingerprint density at radius 2 is 2.21 bits per heavy atom. The summed E-state index contributed by atoms with van der Waals surface area (Å²) < 4.78 is 29.0. The normalized spacial score (nSPS) is 12.9.